The van der Waals surface area contributed by atoms with Crippen molar-refractivity contribution in [2.24, 2.45) is 0 Å². The van der Waals surface area contributed by atoms with Crippen LogP contribution in [0.3, 0.4) is 0 Å². The van der Waals surface area contributed by atoms with Crippen molar-refractivity contribution in [3.63, 3.8) is 0 Å². The lowest BCUT2D eigenvalue weighted by Crippen LogP contribution is -2.46. The van der Waals surface area contributed by atoms with Gasteiger partial charge in [-0.05, 0) is 87.7 Å². The Bertz CT molecular complexity index is 2370. The first kappa shape index (κ1) is 38.5. The van der Waals surface area contributed by atoms with Gasteiger partial charge in [0.25, 0.3) is 0 Å². The van der Waals surface area contributed by atoms with Gasteiger partial charge in [-0.2, -0.15) is 0 Å². The van der Waals surface area contributed by atoms with Gasteiger partial charge in [0, 0.05) is 24.8 Å². The summed E-state index contributed by atoms with van der Waals surface area (Å²) in [5, 5.41) is 18.3. The molecule has 0 radical (unpaired) electrons. The second kappa shape index (κ2) is 16.5. The van der Waals surface area contributed by atoms with E-state index in [9.17, 15) is 24.3 Å². The zero-order chi connectivity index (χ0) is 40.2. The molecular weight excluding hydrogens is 727 g/mol. The number of carbonyl (C=O) groups excluding carboxylic acids is 3. The van der Waals surface area contributed by atoms with Crippen LogP contribution in [0.4, 0.5) is 10.5 Å². The number of phenolic OH excluding ortho intramolecular Hbond substituents is 1. The molecule has 0 aliphatic heterocycles. The van der Waals surface area contributed by atoms with Crippen LogP contribution in [0.5, 0.6) is 23.0 Å². The molecule has 57 heavy (non-hydrogen) atoms. The van der Waals surface area contributed by atoms with E-state index in [2.05, 4.69) is 16.0 Å². The Balaban J connectivity index is 1.20. The minimum atomic E-state index is -1.18. The Morgan fingerprint density at radius 1 is 0.789 bits per heavy atom. The minimum Gasteiger partial charge on any atom is -0.508 e. The summed E-state index contributed by atoms with van der Waals surface area (Å²) in [6, 6.07) is 27.0. The van der Waals surface area contributed by atoms with Crippen LogP contribution in [0.1, 0.15) is 53.1 Å². The van der Waals surface area contributed by atoms with Gasteiger partial charge in [0.15, 0.2) is 11.5 Å². The number of fused-ring (bicyclic) bond motifs is 6. The summed E-state index contributed by atoms with van der Waals surface area (Å²) in [7, 11) is 4.55. The fourth-order valence-electron chi connectivity index (χ4n) is 7.89. The van der Waals surface area contributed by atoms with Crippen molar-refractivity contribution in [1.82, 2.24) is 10.6 Å². The molecule has 0 bridgehead atoms. The van der Waals surface area contributed by atoms with Gasteiger partial charge < -0.3 is 40.0 Å². The molecule has 0 heterocycles. The number of nitrogens with one attached hydrogen (secondary N) is 3. The van der Waals surface area contributed by atoms with E-state index >= 15 is 0 Å². The summed E-state index contributed by atoms with van der Waals surface area (Å²) in [6.45, 7) is 1.45. The molecule has 5 aromatic carbocycles. The second-order valence-electron chi connectivity index (χ2n) is 14.0. The molecule has 0 unspecified atom stereocenters. The number of alkyl carbamates (subject to hydrolysis) is 1. The lowest BCUT2D eigenvalue weighted by atomic mass is 9.95. The van der Waals surface area contributed by atoms with Gasteiger partial charge >= 0.3 is 6.09 Å². The van der Waals surface area contributed by atoms with Gasteiger partial charge in [-0.1, -0.05) is 66.7 Å². The Morgan fingerprint density at radius 3 is 2.09 bits per heavy atom. The molecule has 5 aromatic rings. The van der Waals surface area contributed by atoms with Crippen LogP contribution >= 0.6 is 0 Å². The first-order valence-electron chi connectivity index (χ1n) is 18.6. The lowest BCUT2D eigenvalue weighted by Gasteiger charge is -2.20. The Morgan fingerprint density at radius 2 is 1.46 bits per heavy atom. The predicted molar refractivity (Wildman–Crippen MR) is 215 cm³/mol. The Kier molecular flexibility index (Phi) is 11.1. The summed E-state index contributed by atoms with van der Waals surface area (Å²) < 4.78 is 23.0. The van der Waals surface area contributed by atoms with Gasteiger partial charge in [-0.25, -0.2) is 4.79 Å². The van der Waals surface area contributed by atoms with Crippen LogP contribution < -0.4 is 35.6 Å². The van der Waals surface area contributed by atoms with Crippen LogP contribution in [0.25, 0.3) is 22.3 Å². The predicted octanol–water partition coefficient (Wildman–Crippen LogP) is 6.66. The Hall–Kier alpha value is -6.82. The largest absolute Gasteiger partial charge is 0.508 e. The Labute approximate surface area is 329 Å². The van der Waals surface area contributed by atoms with Crippen molar-refractivity contribution in [1.29, 1.82) is 0 Å². The summed E-state index contributed by atoms with van der Waals surface area (Å²) in [5.41, 5.74) is 6.95. The van der Waals surface area contributed by atoms with E-state index in [1.54, 1.807) is 18.2 Å². The zero-order valence-electron chi connectivity index (χ0n) is 32.0. The van der Waals surface area contributed by atoms with Gasteiger partial charge in [0.1, 0.15) is 18.4 Å². The van der Waals surface area contributed by atoms with E-state index in [1.165, 1.54) is 52.5 Å². The second-order valence-corrected chi connectivity index (χ2v) is 14.0. The number of hydrogen-bond donors (Lipinski definition) is 4. The summed E-state index contributed by atoms with van der Waals surface area (Å²) >= 11 is 0. The molecule has 3 amide bonds. The van der Waals surface area contributed by atoms with Crippen molar-refractivity contribution in [3.8, 4) is 45.3 Å². The molecule has 12 nitrogen and oxygen atoms in total. The van der Waals surface area contributed by atoms with Gasteiger partial charge in [0.2, 0.25) is 23.0 Å². The minimum absolute atomic E-state index is 0.0246. The lowest BCUT2D eigenvalue weighted by molar-refractivity contribution is -0.120. The zero-order valence-corrected chi connectivity index (χ0v) is 32.0. The van der Waals surface area contributed by atoms with Crippen LogP contribution in [-0.2, 0) is 27.2 Å². The third-order valence-corrected chi connectivity index (χ3v) is 10.5. The van der Waals surface area contributed by atoms with Gasteiger partial charge in [-0.15, -0.1) is 0 Å². The maximum absolute atomic E-state index is 14.1. The average molecular weight is 770 g/mol. The van der Waals surface area contributed by atoms with E-state index < -0.39 is 29.5 Å². The van der Waals surface area contributed by atoms with E-state index in [1.807, 2.05) is 54.6 Å². The molecule has 2 aliphatic rings. The van der Waals surface area contributed by atoms with E-state index in [4.69, 9.17) is 18.9 Å². The van der Waals surface area contributed by atoms with Crippen LogP contribution in [0, 0.1) is 0 Å². The monoisotopic (exact) mass is 769 g/mol. The normalized spacial score (nSPS) is 14.4. The van der Waals surface area contributed by atoms with E-state index in [0.717, 1.165) is 27.8 Å². The maximum Gasteiger partial charge on any atom is 0.407 e. The number of hydrogen-bond acceptors (Lipinski definition) is 9. The summed E-state index contributed by atoms with van der Waals surface area (Å²) in [5.74, 6) is 0.128. The number of ether oxygens (including phenoxy) is 4. The van der Waals surface area contributed by atoms with Crippen LogP contribution in [0.15, 0.2) is 102 Å². The quantitative estimate of drug-likeness (QED) is 0.115. The van der Waals surface area contributed by atoms with Crippen LogP contribution in [-0.4, -0.2) is 57.0 Å². The molecule has 4 N–H and O–H groups in total. The number of methoxy groups -OCH3 is 3. The number of aryl methyl sites for hydroxylation is 1. The molecule has 0 fully saturated rings. The number of amides is 3. The highest BCUT2D eigenvalue weighted by Crippen LogP contribution is 2.50. The molecule has 12 heteroatoms. The van der Waals surface area contributed by atoms with Gasteiger partial charge in [0.05, 0.1) is 33.1 Å². The third-order valence-electron chi connectivity index (χ3n) is 10.5. The molecule has 2 atom stereocenters. The number of aromatic hydroxyl groups is 1. The number of phenols is 1. The van der Waals surface area contributed by atoms with E-state index in [0.29, 0.717) is 52.3 Å². The number of carbonyl (C=O) groups is 3. The van der Waals surface area contributed by atoms with E-state index in [-0.39, 0.29) is 36.3 Å². The highest BCUT2D eigenvalue weighted by Gasteiger charge is 2.32. The molecular formula is C45H43N3O9. The first-order chi connectivity index (χ1) is 27.6. The molecule has 0 aromatic heterocycles. The average Bonchev–Trinajstić information content (AvgIpc) is 3.34. The number of anilines is 1. The van der Waals surface area contributed by atoms with Crippen molar-refractivity contribution in [2.45, 2.75) is 44.2 Å². The standard InChI is InChI=1S/C45H43N3O9/c1-25(49)46-36-19-15-27-22-40(54-2)42(55-3)43(56-4)41(27)33-18-20-37(39(51)23-34(33)36)47-44(52)38(21-26-13-16-28(50)17-14-26)48-45(53)57-24-35-31-11-7-5-9-29(31)30-10-6-8-12-32(30)35/h5-14,16-18,20,22-23,35-36,38,50H,15,19,21,24H2,1-4H3,(H,46,49)(H,48,53)(H,47,51,52)/t36-,38-/m0/s1. The van der Waals surface area contributed by atoms with Gasteiger partial charge in [-0.3, -0.25) is 14.4 Å². The fourth-order valence-corrected chi connectivity index (χ4v) is 7.89. The van der Waals surface area contributed by atoms with Crippen molar-refractivity contribution >= 4 is 23.6 Å². The molecule has 0 saturated heterocycles. The topological polar surface area (TPSA) is 162 Å². The smallest absolute Gasteiger partial charge is 0.407 e. The van der Waals surface area contributed by atoms with Crippen molar-refractivity contribution in [3.05, 3.63) is 135 Å². The summed E-state index contributed by atoms with van der Waals surface area (Å²) in [4.78, 5) is 54.0. The molecule has 2 aliphatic carbocycles. The van der Waals surface area contributed by atoms with Crippen molar-refractivity contribution < 1.29 is 38.4 Å². The molecule has 292 valence electrons. The maximum atomic E-state index is 14.1. The SMILES string of the molecule is COc1cc2c(c(OC)c1OC)-c1ccc(NC(=O)[C@H](Cc3ccc(O)cc3)NC(=O)OCC3c4ccccc4-c4ccccc43)c(=O)cc1[C@@H](NC(C)=O)CC2. The number of benzene rings is 4. The molecule has 7 rings (SSSR count). The van der Waals surface area contributed by atoms with Crippen LogP contribution in [0.2, 0.25) is 0 Å². The van der Waals surface area contributed by atoms with Crippen molar-refractivity contribution in [2.75, 3.05) is 33.3 Å². The molecule has 0 spiro atoms. The first-order valence-corrected chi connectivity index (χ1v) is 18.6. The highest BCUT2D eigenvalue weighted by molar-refractivity contribution is 5.97. The fraction of sp³-hybridized carbons (Fsp3) is 0.244. The highest BCUT2D eigenvalue weighted by atomic mass is 16.5. The molecule has 0 saturated carbocycles. The number of rotatable bonds is 11. The third kappa shape index (κ3) is 7.84. The summed E-state index contributed by atoms with van der Waals surface area (Å²) in [6.07, 6.45) is 0.196.